The van der Waals surface area contributed by atoms with Crippen molar-refractivity contribution in [1.29, 1.82) is 0 Å². The lowest BCUT2D eigenvalue weighted by Crippen LogP contribution is -2.51. The number of carbonyl (C=O) groups excluding carboxylic acids is 1. The second kappa shape index (κ2) is 4.72. The van der Waals surface area contributed by atoms with Gasteiger partial charge in [0.1, 0.15) is 5.54 Å². The number of hydrogen-bond acceptors (Lipinski definition) is 3. The summed E-state index contributed by atoms with van der Waals surface area (Å²) in [5, 5.41) is 0. The van der Waals surface area contributed by atoms with Crippen LogP contribution in [-0.4, -0.2) is 23.0 Å². The standard InChI is InChI=1S/C8H18N2OS/c1-6(2)4-12-5-8(3,10)7(9)11/h6H,4-5,10H2,1-3H3,(H2,9,11). The van der Waals surface area contributed by atoms with E-state index >= 15 is 0 Å². The Hall–Kier alpha value is -0.220. The van der Waals surface area contributed by atoms with Gasteiger partial charge in [-0.2, -0.15) is 11.8 Å². The van der Waals surface area contributed by atoms with Crippen LogP contribution in [0, 0.1) is 5.92 Å². The first kappa shape index (κ1) is 11.8. The van der Waals surface area contributed by atoms with Crippen molar-refractivity contribution in [2.24, 2.45) is 17.4 Å². The molecule has 0 heterocycles. The molecule has 3 nitrogen and oxygen atoms in total. The largest absolute Gasteiger partial charge is 0.368 e. The summed E-state index contributed by atoms with van der Waals surface area (Å²) in [6, 6.07) is 0. The van der Waals surface area contributed by atoms with Crippen LogP contribution in [-0.2, 0) is 4.79 Å². The minimum Gasteiger partial charge on any atom is -0.368 e. The van der Waals surface area contributed by atoms with Crippen LogP contribution < -0.4 is 11.5 Å². The van der Waals surface area contributed by atoms with E-state index in [-0.39, 0.29) is 0 Å². The van der Waals surface area contributed by atoms with Gasteiger partial charge in [0.15, 0.2) is 0 Å². The molecule has 0 aliphatic heterocycles. The lowest BCUT2D eigenvalue weighted by molar-refractivity contribution is -0.121. The monoisotopic (exact) mass is 190 g/mol. The molecule has 0 aromatic heterocycles. The van der Waals surface area contributed by atoms with Crippen molar-refractivity contribution in [2.75, 3.05) is 11.5 Å². The fourth-order valence-electron chi connectivity index (χ4n) is 0.578. The number of nitrogens with two attached hydrogens (primary N) is 2. The molecule has 1 atom stereocenters. The highest BCUT2D eigenvalue weighted by Gasteiger charge is 2.25. The molecule has 1 unspecified atom stereocenters. The summed E-state index contributed by atoms with van der Waals surface area (Å²) in [6.45, 7) is 5.93. The molecule has 0 saturated heterocycles. The Morgan fingerprint density at radius 2 is 2.08 bits per heavy atom. The van der Waals surface area contributed by atoms with E-state index in [4.69, 9.17) is 11.5 Å². The van der Waals surface area contributed by atoms with Crippen LogP contribution >= 0.6 is 11.8 Å². The summed E-state index contributed by atoms with van der Waals surface area (Å²) in [4.78, 5) is 10.8. The van der Waals surface area contributed by atoms with Gasteiger partial charge in [-0.3, -0.25) is 4.79 Å². The molecule has 12 heavy (non-hydrogen) atoms. The first-order chi connectivity index (χ1) is 5.36. The Balaban J connectivity index is 3.69. The van der Waals surface area contributed by atoms with E-state index < -0.39 is 11.4 Å². The number of amides is 1. The van der Waals surface area contributed by atoms with Crippen molar-refractivity contribution in [1.82, 2.24) is 0 Å². The van der Waals surface area contributed by atoms with E-state index in [0.29, 0.717) is 11.7 Å². The molecule has 0 saturated carbocycles. The molecule has 0 rings (SSSR count). The van der Waals surface area contributed by atoms with E-state index in [1.54, 1.807) is 18.7 Å². The lowest BCUT2D eigenvalue weighted by atomic mass is 10.1. The van der Waals surface area contributed by atoms with E-state index in [9.17, 15) is 4.79 Å². The summed E-state index contributed by atoms with van der Waals surface area (Å²) >= 11 is 1.67. The third kappa shape index (κ3) is 4.62. The number of thioether (sulfide) groups is 1. The summed E-state index contributed by atoms with van der Waals surface area (Å²) < 4.78 is 0. The lowest BCUT2D eigenvalue weighted by Gasteiger charge is -2.20. The van der Waals surface area contributed by atoms with Crippen molar-refractivity contribution in [3.8, 4) is 0 Å². The van der Waals surface area contributed by atoms with Crippen molar-refractivity contribution in [3.05, 3.63) is 0 Å². The molecule has 4 N–H and O–H groups in total. The Morgan fingerprint density at radius 3 is 2.42 bits per heavy atom. The molecule has 0 spiro atoms. The molecule has 1 amide bonds. The minimum absolute atomic E-state index is 0.432. The molecular formula is C8H18N2OS. The van der Waals surface area contributed by atoms with Gasteiger partial charge in [-0.25, -0.2) is 0 Å². The second-order valence-corrected chi connectivity index (χ2v) is 4.72. The number of carbonyl (C=O) groups is 1. The molecule has 0 aromatic rings. The van der Waals surface area contributed by atoms with Crippen molar-refractivity contribution in [2.45, 2.75) is 26.3 Å². The highest BCUT2D eigenvalue weighted by molar-refractivity contribution is 7.99. The Morgan fingerprint density at radius 1 is 1.58 bits per heavy atom. The van der Waals surface area contributed by atoms with E-state index in [1.807, 2.05) is 0 Å². The molecule has 0 aliphatic rings. The van der Waals surface area contributed by atoms with Crippen LogP contribution in [0.4, 0.5) is 0 Å². The van der Waals surface area contributed by atoms with Crippen molar-refractivity contribution < 1.29 is 4.79 Å². The maximum atomic E-state index is 10.8. The molecular weight excluding hydrogens is 172 g/mol. The predicted molar refractivity (Wildman–Crippen MR) is 53.9 cm³/mol. The van der Waals surface area contributed by atoms with Crippen LogP contribution in [0.5, 0.6) is 0 Å². The Kier molecular flexibility index (Phi) is 4.63. The zero-order valence-electron chi connectivity index (χ0n) is 7.96. The first-order valence-electron chi connectivity index (χ1n) is 4.03. The van der Waals surface area contributed by atoms with Crippen LogP contribution in [0.2, 0.25) is 0 Å². The summed E-state index contributed by atoms with van der Waals surface area (Å²) in [7, 11) is 0. The van der Waals surface area contributed by atoms with Crippen LogP contribution in [0.25, 0.3) is 0 Å². The predicted octanol–water partition coefficient (Wildman–Crippen LogP) is 0.578. The van der Waals surface area contributed by atoms with Gasteiger partial charge in [0.2, 0.25) is 5.91 Å². The second-order valence-electron chi connectivity index (χ2n) is 3.69. The Labute approximate surface area is 78.3 Å². The molecule has 0 radical (unpaired) electrons. The van der Waals surface area contributed by atoms with Crippen LogP contribution in [0.1, 0.15) is 20.8 Å². The zero-order chi connectivity index (χ0) is 9.78. The third-order valence-corrected chi connectivity index (χ3v) is 3.12. The fraction of sp³-hybridized carbons (Fsp3) is 0.875. The Bertz CT molecular complexity index is 157. The van der Waals surface area contributed by atoms with Gasteiger partial charge < -0.3 is 11.5 Å². The van der Waals surface area contributed by atoms with Gasteiger partial charge in [-0.05, 0) is 18.6 Å². The minimum atomic E-state index is -0.862. The average molecular weight is 190 g/mol. The smallest absolute Gasteiger partial charge is 0.238 e. The van der Waals surface area contributed by atoms with Crippen molar-refractivity contribution >= 4 is 17.7 Å². The number of primary amides is 1. The van der Waals surface area contributed by atoms with Gasteiger partial charge in [0.25, 0.3) is 0 Å². The molecule has 0 aromatic carbocycles. The van der Waals surface area contributed by atoms with Crippen LogP contribution in [0.15, 0.2) is 0 Å². The summed E-state index contributed by atoms with van der Waals surface area (Å²) in [5.74, 6) is 1.80. The first-order valence-corrected chi connectivity index (χ1v) is 5.18. The zero-order valence-corrected chi connectivity index (χ0v) is 8.78. The summed E-state index contributed by atoms with van der Waals surface area (Å²) in [5.41, 5.74) is 9.90. The van der Waals surface area contributed by atoms with Crippen molar-refractivity contribution in [3.63, 3.8) is 0 Å². The number of hydrogen-bond donors (Lipinski definition) is 2. The average Bonchev–Trinajstić information content (AvgIpc) is 1.85. The van der Waals surface area contributed by atoms with Gasteiger partial charge in [-0.15, -0.1) is 0 Å². The van der Waals surface area contributed by atoms with Crippen LogP contribution in [0.3, 0.4) is 0 Å². The SMILES string of the molecule is CC(C)CSCC(C)(N)C(N)=O. The van der Waals surface area contributed by atoms with Gasteiger partial charge in [0, 0.05) is 5.75 Å². The van der Waals surface area contributed by atoms with Gasteiger partial charge in [-0.1, -0.05) is 13.8 Å². The maximum Gasteiger partial charge on any atom is 0.238 e. The third-order valence-electron chi connectivity index (χ3n) is 1.42. The molecule has 0 fully saturated rings. The van der Waals surface area contributed by atoms with Gasteiger partial charge in [0.05, 0.1) is 0 Å². The topological polar surface area (TPSA) is 69.1 Å². The highest BCUT2D eigenvalue weighted by Crippen LogP contribution is 2.13. The molecule has 0 bridgehead atoms. The summed E-state index contributed by atoms with van der Waals surface area (Å²) in [6.07, 6.45) is 0. The quantitative estimate of drug-likeness (QED) is 0.666. The maximum absolute atomic E-state index is 10.8. The van der Waals surface area contributed by atoms with Gasteiger partial charge >= 0.3 is 0 Å². The fourth-order valence-corrected chi connectivity index (χ4v) is 1.73. The molecule has 4 heteroatoms. The number of rotatable bonds is 5. The van der Waals surface area contributed by atoms with E-state index in [2.05, 4.69) is 13.8 Å². The molecule has 72 valence electrons. The molecule has 0 aliphatic carbocycles. The highest BCUT2D eigenvalue weighted by atomic mass is 32.2. The van der Waals surface area contributed by atoms with E-state index in [1.165, 1.54) is 0 Å². The normalized spacial score (nSPS) is 16.1. The van der Waals surface area contributed by atoms with E-state index in [0.717, 1.165) is 5.75 Å².